The van der Waals surface area contributed by atoms with Crippen LogP contribution >= 0.6 is 11.6 Å². The maximum Gasteiger partial charge on any atom is 0.253 e. The highest BCUT2D eigenvalue weighted by atomic mass is 35.5. The number of carbonyl (C=O) groups excluding carboxylic acids is 2. The summed E-state index contributed by atoms with van der Waals surface area (Å²) in [5.41, 5.74) is 1.32. The second-order valence-corrected chi connectivity index (χ2v) is 8.14. The smallest absolute Gasteiger partial charge is 0.253 e. The van der Waals surface area contributed by atoms with Crippen molar-refractivity contribution in [3.63, 3.8) is 0 Å². The Morgan fingerprint density at radius 2 is 1.52 bits per heavy atom. The normalized spacial score (nSPS) is 16.3. The summed E-state index contributed by atoms with van der Waals surface area (Å²) in [4.78, 5) is 25.6. The highest BCUT2D eigenvalue weighted by Gasteiger charge is 2.22. The number of halogens is 1. The first-order valence-electron chi connectivity index (χ1n) is 10.5. The van der Waals surface area contributed by atoms with E-state index in [9.17, 15) is 9.59 Å². The van der Waals surface area contributed by atoms with Gasteiger partial charge in [0.05, 0.1) is 23.0 Å². The van der Waals surface area contributed by atoms with Crippen molar-refractivity contribution in [2.24, 2.45) is 0 Å². The van der Waals surface area contributed by atoms with Crippen LogP contribution in [0.3, 0.4) is 0 Å². The third kappa shape index (κ3) is 6.60. The molecule has 4 nitrogen and oxygen atoms in total. The van der Waals surface area contributed by atoms with Gasteiger partial charge in [0.1, 0.15) is 0 Å². The summed E-state index contributed by atoms with van der Waals surface area (Å²) in [6.45, 7) is 0. The minimum Gasteiger partial charge on any atom is -0.353 e. The first-order valence-corrected chi connectivity index (χ1v) is 10.9. The van der Waals surface area contributed by atoms with Crippen molar-refractivity contribution in [2.45, 2.75) is 63.5 Å². The molecular formula is C24H29ClN2O2. The van der Waals surface area contributed by atoms with Gasteiger partial charge in [0, 0.05) is 6.04 Å². The highest BCUT2D eigenvalue weighted by Crippen LogP contribution is 2.21. The minimum atomic E-state index is -0.409. The van der Waals surface area contributed by atoms with Crippen molar-refractivity contribution < 1.29 is 9.59 Å². The molecule has 0 bridgehead atoms. The molecule has 0 aliphatic heterocycles. The number of benzene rings is 2. The molecule has 2 amide bonds. The standard InChI is InChI=1S/C24H29ClN2O2/c25-21-16-10-9-15-20(21)24(29)27-22(18-11-5-4-6-12-18)17-23(28)26-19-13-7-2-1-3-8-14-19/h4-6,9-12,15-16,19,22H,1-3,7-8,13-14,17H2,(H,26,28)(H,27,29)/t22-/m0/s1. The zero-order valence-electron chi connectivity index (χ0n) is 16.7. The van der Waals surface area contributed by atoms with E-state index in [0.29, 0.717) is 10.6 Å². The summed E-state index contributed by atoms with van der Waals surface area (Å²) in [5, 5.41) is 6.59. The summed E-state index contributed by atoms with van der Waals surface area (Å²) in [5.74, 6) is -0.299. The van der Waals surface area contributed by atoms with E-state index in [1.807, 2.05) is 30.3 Å². The lowest BCUT2D eigenvalue weighted by atomic mass is 9.96. The van der Waals surface area contributed by atoms with Gasteiger partial charge in [0.2, 0.25) is 5.91 Å². The van der Waals surface area contributed by atoms with E-state index in [1.54, 1.807) is 24.3 Å². The number of hydrogen-bond donors (Lipinski definition) is 2. The molecule has 5 heteroatoms. The Morgan fingerprint density at radius 1 is 0.897 bits per heavy atom. The first kappa shape index (κ1) is 21.4. The molecule has 1 saturated carbocycles. The summed E-state index contributed by atoms with van der Waals surface area (Å²) in [6.07, 6.45) is 8.38. The van der Waals surface area contributed by atoms with Crippen molar-refractivity contribution in [3.05, 3.63) is 70.7 Å². The highest BCUT2D eigenvalue weighted by molar-refractivity contribution is 6.33. The summed E-state index contributed by atoms with van der Waals surface area (Å²) < 4.78 is 0. The molecule has 1 aliphatic rings. The maximum atomic E-state index is 12.8. The van der Waals surface area contributed by atoms with Gasteiger partial charge < -0.3 is 10.6 Å². The molecule has 29 heavy (non-hydrogen) atoms. The van der Waals surface area contributed by atoms with Crippen LogP contribution in [-0.4, -0.2) is 17.9 Å². The molecule has 1 atom stereocenters. The molecule has 0 unspecified atom stereocenters. The molecule has 0 saturated heterocycles. The van der Waals surface area contributed by atoms with E-state index >= 15 is 0 Å². The lowest BCUT2D eigenvalue weighted by molar-refractivity contribution is -0.122. The van der Waals surface area contributed by atoms with Gasteiger partial charge in [-0.15, -0.1) is 0 Å². The van der Waals surface area contributed by atoms with Crippen LogP contribution in [0.1, 0.15) is 73.3 Å². The Morgan fingerprint density at radius 3 is 2.21 bits per heavy atom. The van der Waals surface area contributed by atoms with Gasteiger partial charge in [-0.05, 0) is 30.5 Å². The van der Waals surface area contributed by atoms with Crippen molar-refractivity contribution in [1.82, 2.24) is 10.6 Å². The average Bonchev–Trinajstić information content (AvgIpc) is 2.70. The largest absolute Gasteiger partial charge is 0.353 e. The van der Waals surface area contributed by atoms with Gasteiger partial charge in [0.15, 0.2) is 0 Å². The molecule has 2 N–H and O–H groups in total. The van der Waals surface area contributed by atoms with Gasteiger partial charge >= 0.3 is 0 Å². The fourth-order valence-electron chi connectivity index (χ4n) is 3.89. The second kappa shape index (κ2) is 11.0. The molecule has 0 heterocycles. The Balaban J connectivity index is 1.68. The fraction of sp³-hybridized carbons (Fsp3) is 0.417. The molecule has 1 fully saturated rings. The maximum absolute atomic E-state index is 12.8. The third-order valence-corrected chi connectivity index (χ3v) is 5.82. The van der Waals surface area contributed by atoms with Crippen molar-refractivity contribution in [1.29, 1.82) is 0 Å². The summed E-state index contributed by atoms with van der Waals surface area (Å²) in [6, 6.07) is 16.4. The van der Waals surface area contributed by atoms with E-state index in [1.165, 1.54) is 19.3 Å². The van der Waals surface area contributed by atoms with Crippen LogP contribution in [0.2, 0.25) is 5.02 Å². The van der Waals surface area contributed by atoms with Gasteiger partial charge in [-0.25, -0.2) is 0 Å². The van der Waals surface area contributed by atoms with E-state index in [4.69, 9.17) is 11.6 Å². The van der Waals surface area contributed by atoms with Crippen LogP contribution in [0.25, 0.3) is 0 Å². The predicted octanol–water partition coefficient (Wildman–Crippen LogP) is 5.43. The van der Waals surface area contributed by atoms with Gasteiger partial charge in [-0.2, -0.15) is 0 Å². The van der Waals surface area contributed by atoms with Crippen LogP contribution in [0.4, 0.5) is 0 Å². The van der Waals surface area contributed by atoms with E-state index in [2.05, 4.69) is 10.6 Å². The molecule has 3 rings (SSSR count). The summed E-state index contributed by atoms with van der Waals surface area (Å²) in [7, 11) is 0. The zero-order valence-corrected chi connectivity index (χ0v) is 17.5. The van der Waals surface area contributed by atoms with Crippen molar-refractivity contribution in [3.8, 4) is 0 Å². The first-order chi connectivity index (χ1) is 14.1. The average molecular weight is 413 g/mol. The predicted molar refractivity (Wildman–Crippen MR) is 117 cm³/mol. The van der Waals surface area contributed by atoms with Crippen LogP contribution in [-0.2, 0) is 4.79 Å². The second-order valence-electron chi connectivity index (χ2n) is 7.73. The Labute approximate surface area is 178 Å². The number of carbonyl (C=O) groups is 2. The Bertz CT molecular complexity index is 802. The molecule has 0 aromatic heterocycles. The summed E-state index contributed by atoms with van der Waals surface area (Å²) >= 11 is 6.17. The molecule has 0 spiro atoms. The Hall–Kier alpha value is -2.33. The quantitative estimate of drug-likeness (QED) is 0.664. The van der Waals surface area contributed by atoms with E-state index in [0.717, 1.165) is 31.2 Å². The number of nitrogens with one attached hydrogen (secondary N) is 2. The van der Waals surface area contributed by atoms with Gasteiger partial charge in [0.25, 0.3) is 5.91 Å². The number of amides is 2. The van der Waals surface area contributed by atoms with Crippen molar-refractivity contribution in [2.75, 3.05) is 0 Å². The van der Waals surface area contributed by atoms with Crippen molar-refractivity contribution >= 4 is 23.4 Å². The fourth-order valence-corrected chi connectivity index (χ4v) is 4.11. The topological polar surface area (TPSA) is 58.2 Å². The molecule has 154 valence electrons. The molecular weight excluding hydrogens is 384 g/mol. The van der Waals surface area contributed by atoms with Gasteiger partial charge in [-0.3, -0.25) is 9.59 Å². The molecule has 0 radical (unpaired) electrons. The zero-order chi connectivity index (χ0) is 20.5. The SMILES string of the molecule is O=C(C[C@H](NC(=O)c1ccccc1Cl)c1ccccc1)NC1CCCCCCC1. The van der Waals surface area contributed by atoms with Crippen LogP contribution in [0.15, 0.2) is 54.6 Å². The van der Waals surface area contributed by atoms with Gasteiger partial charge in [-0.1, -0.05) is 86.2 Å². The monoisotopic (exact) mass is 412 g/mol. The molecule has 1 aliphatic carbocycles. The lowest BCUT2D eigenvalue weighted by Gasteiger charge is -2.24. The van der Waals surface area contributed by atoms with E-state index in [-0.39, 0.29) is 24.3 Å². The number of hydrogen-bond acceptors (Lipinski definition) is 2. The minimum absolute atomic E-state index is 0.0242. The van der Waals surface area contributed by atoms with E-state index < -0.39 is 6.04 Å². The Kier molecular flexibility index (Phi) is 8.12. The van der Waals surface area contributed by atoms with Crippen LogP contribution in [0, 0.1) is 0 Å². The van der Waals surface area contributed by atoms with Crippen LogP contribution in [0.5, 0.6) is 0 Å². The number of rotatable bonds is 6. The van der Waals surface area contributed by atoms with Crippen LogP contribution < -0.4 is 10.6 Å². The lowest BCUT2D eigenvalue weighted by Crippen LogP contribution is -2.38. The third-order valence-electron chi connectivity index (χ3n) is 5.49. The molecule has 2 aromatic carbocycles. The molecule has 2 aromatic rings.